The quantitative estimate of drug-likeness (QED) is 0.474. The summed E-state index contributed by atoms with van der Waals surface area (Å²) >= 11 is 0. The second-order valence-electron chi connectivity index (χ2n) is 2.11. The highest BCUT2D eigenvalue weighted by Gasteiger charge is 1.99. The van der Waals surface area contributed by atoms with Crippen LogP contribution >= 0.6 is 0 Å². The summed E-state index contributed by atoms with van der Waals surface area (Å²) in [6.07, 6.45) is 5.72. The van der Waals surface area contributed by atoms with Crippen LogP contribution in [0.15, 0.2) is 23.5 Å². The van der Waals surface area contributed by atoms with Crippen molar-refractivity contribution in [3.05, 3.63) is 23.5 Å². The summed E-state index contributed by atoms with van der Waals surface area (Å²) in [6, 6.07) is 0. The van der Waals surface area contributed by atoms with Crippen molar-refractivity contribution in [3.8, 4) is 0 Å². The van der Waals surface area contributed by atoms with Gasteiger partial charge in [-0.1, -0.05) is 12.2 Å². The molecule has 0 radical (unpaired) electrons. The van der Waals surface area contributed by atoms with Crippen LogP contribution in [0.1, 0.15) is 19.8 Å². The number of allylic oxidation sites excluding steroid dienone is 3. The molecule has 1 N–H and O–H groups in total. The monoisotopic (exact) mass is 110 g/mol. The molecule has 0 spiro atoms. The molecular formula is C7H10O. The molecule has 0 aromatic rings. The van der Waals surface area contributed by atoms with E-state index in [1.54, 1.807) is 0 Å². The van der Waals surface area contributed by atoms with Crippen LogP contribution in [0.3, 0.4) is 0 Å². The van der Waals surface area contributed by atoms with Gasteiger partial charge in [0.25, 0.3) is 0 Å². The minimum absolute atomic E-state index is 0.549. The van der Waals surface area contributed by atoms with E-state index in [4.69, 9.17) is 5.11 Å². The van der Waals surface area contributed by atoms with Crippen molar-refractivity contribution >= 4 is 0 Å². The third-order valence-corrected chi connectivity index (χ3v) is 1.39. The summed E-state index contributed by atoms with van der Waals surface area (Å²) in [5, 5.41) is 9.01. The predicted octanol–water partition coefficient (Wildman–Crippen LogP) is 2.17. The maximum absolute atomic E-state index is 9.01. The molecule has 0 atom stereocenters. The highest BCUT2D eigenvalue weighted by molar-refractivity contribution is 5.16. The molecule has 0 heterocycles. The normalized spacial score (nSPS) is 19.6. The van der Waals surface area contributed by atoms with E-state index in [0.717, 1.165) is 18.4 Å². The smallest absolute Gasteiger partial charge is 0.0952 e. The third kappa shape index (κ3) is 0.915. The van der Waals surface area contributed by atoms with Crippen molar-refractivity contribution in [3.63, 3.8) is 0 Å². The topological polar surface area (TPSA) is 20.2 Å². The lowest BCUT2D eigenvalue weighted by Gasteiger charge is -2.05. The lowest BCUT2D eigenvalue weighted by molar-refractivity contribution is 0.390. The summed E-state index contributed by atoms with van der Waals surface area (Å²) in [7, 11) is 0. The highest BCUT2D eigenvalue weighted by atomic mass is 16.3. The van der Waals surface area contributed by atoms with Gasteiger partial charge in [-0.3, -0.25) is 0 Å². The lowest BCUT2D eigenvalue weighted by Crippen LogP contribution is -1.89. The Morgan fingerprint density at radius 1 is 1.38 bits per heavy atom. The maximum atomic E-state index is 9.01. The molecule has 0 unspecified atom stereocenters. The van der Waals surface area contributed by atoms with E-state index in [1.807, 2.05) is 13.0 Å². The number of aliphatic hydroxyl groups excluding tert-OH is 1. The fraction of sp³-hybridized carbons (Fsp3) is 0.429. The van der Waals surface area contributed by atoms with Crippen LogP contribution in [0.5, 0.6) is 0 Å². The molecule has 1 heteroatoms. The molecule has 0 fully saturated rings. The predicted molar refractivity (Wildman–Crippen MR) is 33.7 cm³/mol. The van der Waals surface area contributed by atoms with Crippen molar-refractivity contribution in [2.24, 2.45) is 0 Å². The Labute approximate surface area is 49.3 Å². The molecule has 1 rings (SSSR count). The van der Waals surface area contributed by atoms with E-state index in [9.17, 15) is 0 Å². The zero-order valence-electron chi connectivity index (χ0n) is 5.02. The van der Waals surface area contributed by atoms with Gasteiger partial charge in [-0.15, -0.1) is 0 Å². The molecule has 0 aliphatic heterocycles. The van der Waals surface area contributed by atoms with Crippen LogP contribution < -0.4 is 0 Å². The van der Waals surface area contributed by atoms with Gasteiger partial charge in [0.05, 0.1) is 5.76 Å². The summed E-state index contributed by atoms with van der Waals surface area (Å²) in [5.74, 6) is 0.549. The first-order valence-corrected chi connectivity index (χ1v) is 2.83. The summed E-state index contributed by atoms with van der Waals surface area (Å²) in [5.41, 5.74) is 1.10. The molecule has 0 aromatic heterocycles. The van der Waals surface area contributed by atoms with Crippen molar-refractivity contribution < 1.29 is 5.11 Å². The molecular weight excluding hydrogens is 100 g/mol. The first kappa shape index (κ1) is 5.42. The van der Waals surface area contributed by atoms with Crippen LogP contribution in [0.2, 0.25) is 0 Å². The minimum Gasteiger partial charge on any atom is -0.512 e. The molecule has 0 saturated heterocycles. The molecule has 1 aliphatic carbocycles. The highest BCUT2D eigenvalue weighted by Crippen LogP contribution is 2.15. The average Bonchev–Trinajstić information content (AvgIpc) is 1.77. The zero-order valence-corrected chi connectivity index (χ0v) is 5.02. The fourth-order valence-electron chi connectivity index (χ4n) is 0.747. The van der Waals surface area contributed by atoms with Gasteiger partial charge < -0.3 is 5.11 Å². The minimum atomic E-state index is 0.549. The first-order valence-electron chi connectivity index (χ1n) is 2.83. The Morgan fingerprint density at radius 2 is 2.00 bits per heavy atom. The molecule has 0 aromatic carbocycles. The maximum Gasteiger partial charge on any atom is 0.0952 e. The van der Waals surface area contributed by atoms with Crippen LogP contribution in [0, 0.1) is 0 Å². The first-order chi connectivity index (χ1) is 3.80. The second-order valence-corrected chi connectivity index (χ2v) is 2.11. The van der Waals surface area contributed by atoms with Gasteiger partial charge in [0.2, 0.25) is 0 Å². The van der Waals surface area contributed by atoms with Gasteiger partial charge in [-0.25, -0.2) is 0 Å². The summed E-state index contributed by atoms with van der Waals surface area (Å²) < 4.78 is 0. The fourth-order valence-corrected chi connectivity index (χ4v) is 0.747. The van der Waals surface area contributed by atoms with Gasteiger partial charge in [-0.2, -0.15) is 0 Å². The lowest BCUT2D eigenvalue weighted by atomic mass is 10.1. The Morgan fingerprint density at radius 3 is 2.38 bits per heavy atom. The van der Waals surface area contributed by atoms with Gasteiger partial charge in [-0.05, 0) is 18.9 Å². The van der Waals surface area contributed by atoms with Gasteiger partial charge in [0.15, 0.2) is 0 Å². The Hall–Kier alpha value is -0.720. The Kier molecular flexibility index (Phi) is 1.38. The molecule has 0 bridgehead atoms. The van der Waals surface area contributed by atoms with E-state index in [1.165, 1.54) is 0 Å². The number of rotatable bonds is 0. The molecule has 0 saturated carbocycles. The standard InChI is InChI=1S/C7H10O/c1-6-4-2-3-5-7(6)8/h2-3,8H,4-5H2,1H3. The third-order valence-electron chi connectivity index (χ3n) is 1.39. The number of hydrogen-bond acceptors (Lipinski definition) is 1. The number of hydrogen-bond donors (Lipinski definition) is 1. The second kappa shape index (κ2) is 2.03. The largest absolute Gasteiger partial charge is 0.512 e. The van der Waals surface area contributed by atoms with Crippen molar-refractivity contribution in [1.82, 2.24) is 0 Å². The molecule has 44 valence electrons. The summed E-state index contributed by atoms with van der Waals surface area (Å²) in [4.78, 5) is 0. The Bertz CT molecular complexity index is 126. The molecule has 1 nitrogen and oxygen atoms in total. The molecule has 0 amide bonds. The van der Waals surface area contributed by atoms with Gasteiger partial charge >= 0.3 is 0 Å². The van der Waals surface area contributed by atoms with E-state index in [2.05, 4.69) is 6.08 Å². The summed E-state index contributed by atoms with van der Waals surface area (Å²) in [6.45, 7) is 1.96. The van der Waals surface area contributed by atoms with E-state index < -0.39 is 0 Å². The van der Waals surface area contributed by atoms with Crippen LogP contribution in [-0.4, -0.2) is 5.11 Å². The van der Waals surface area contributed by atoms with Gasteiger partial charge in [0.1, 0.15) is 0 Å². The van der Waals surface area contributed by atoms with Crippen molar-refractivity contribution in [2.75, 3.05) is 0 Å². The van der Waals surface area contributed by atoms with E-state index >= 15 is 0 Å². The molecule has 1 aliphatic rings. The average molecular weight is 110 g/mol. The van der Waals surface area contributed by atoms with Crippen LogP contribution in [-0.2, 0) is 0 Å². The van der Waals surface area contributed by atoms with E-state index in [0.29, 0.717) is 5.76 Å². The van der Waals surface area contributed by atoms with Crippen LogP contribution in [0.4, 0.5) is 0 Å². The number of aliphatic hydroxyl groups is 1. The SMILES string of the molecule is CC1=C(O)CC=CC1. The van der Waals surface area contributed by atoms with E-state index in [-0.39, 0.29) is 0 Å². The van der Waals surface area contributed by atoms with Crippen molar-refractivity contribution in [2.45, 2.75) is 19.8 Å². The molecule has 8 heavy (non-hydrogen) atoms. The van der Waals surface area contributed by atoms with Gasteiger partial charge in [0, 0.05) is 6.42 Å². The van der Waals surface area contributed by atoms with Crippen LogP contribution in [0.25, 0.3) is 0 Å². The zero-order chi connectivity index (χ0) is 5.98. The van der Waals surface area contributed by atoms with Crippen molar-refractivity contribution in [1.29, 1.82) is 0 Å². The Balaban J connectivity index is 2.67.